The Morgan fingerprint density at radius 3 is 1.10 bits per heavy atom. The fourth-order valence-corrected chi connectivity index (χ4v) is 2.67. The van der Waals surface area contributed by atoms with E-state index in [4.69, 9.17) is 10.8 Å². The van der Waals surface area contributed by atoms with Gasteiger partial charge in [0.25, 0.3) is 0 Å². The highest BCUT2D eigenvalue weighted by Gasteiger charge is 2.17. The van der Waals surface area contributed by atoms with Crippen LogP contribution in [-0.2, 0) is 0 Å². The highest BCUT2D eigenvalue weighted by Crippen LogP contribution is 2.20. The van der Waals surface area contributed by atoms with Crippen LogP contribution < -0.4 is 0 Å². The SMILES string of the molecule is Cc1cccc(C)c1C(=N)C(=N)c1c(C)cccc1C. The molecule has 0 amide bonds. The summed E-state index contributed by atoms with van der Waals surface area (Å²) in [5, 5.41) is 16.8. The summed E-state index contributed by atoms with van der Waals surface area (Å²) in [5.74, 6) is 0. The van der Waals surface area contributed by atoms with E-state index in [9.17, 15) is 0 Å². The summed E-state index contributed by atoms with van der Waals surface area (Å²) < 4.78 is 0. The van der Waals surface area contributed by atoms with Gasteiger partial charge in [-0.25, -0.2) is 0 Å². The molecule has 0 aliphatic carbocycles. The van der Waals surface area contributed by atoms with Crippen molar-refractivity contribution in [1.29, 1.82) is 10.8 Å². The van der Waals surface area contributed by atoms with Gasteiger partial charge < -0.3 is 0 Å². The number of rotatable bonds is 3. The van der Waals surface area contributed by atoms with Crippen molar-refractivity contribution in [3.05, 3.63) is 69.8 Å². The van der Waals surface area contributed by atoms with Gasteiger partial charge in [-0.2, -0.15) is 0 Å². The van der Waals surface area contributed by atoms with Gasteiger partial charge in [0.15, 0.2) is 0 Å². The van der Waals surface area contributed by atoms with Crippen molar-refractivity contribution in [2.75, 3.05) is 0 Å². The van der Waals surface area contributed by atoms with Gasteiger partial charge in [-0.1, -0.05) is 36.4 Å². The van der Waals surface area contributed by atoms with Crippen LogP contribution in [0.15, 0.2) is 36.4 Å². The molecule has 0 fully saturated rings. The quantitative estimate of drug-likeness (QED) is 0.774. The van der Waals surface area contributed by atoms with Crippen molar-refractivity contribution in [2.24, 2.45) is 0 Å². The lowest BCUT2D eigenvalue weighted by Crippen LogP contribution is -2.19. The second-order valence-electron chi connectivity index (χ2n) is 5.28. The number of hydrogen-bond acceptors (Lipinski definition) is 2. The topological polar surface area (TPSA) is 47.7 Å². The Morgan fingerprint density at radius 2 is 0.850 bits per heavy atom. The monoisotopic (exact) mass is 264 g/mol. The van der Waals surface area contributed by atoms with Crippen LogP contribution in [0.25, 0.3) is 0 Å². The summed E-state index contributed by atoms with van der Waals surface area (Å²) in [6, 6.07) is 12.0. The van der Waals surface area contributed by atoms with E-state index in [1.165, 1.54) is 0 Å². The maximum absolute atomic E-state index is 8.42. The average Bonchev–Trinajstić information content (AvgIpc) is 2.37. The predicted molar refractivity (Wildman–Crippen MR) is 85.5 cm³/mol. The first-order valence-corrected chi connectivity index (χ1v) is 6.74. The molecule has 0 bridgehead atoms. The first-order valence-electron chi connectivity index (χ1n) is 6.74. The molecule has 2 rings (SSSR count). The lowest BCUT2D eigenvalue weighted by atomic mass is 9.89. The molecule has 0 aliphatic rings. The number of nitrogens with one attached hydrogen (secondary N) is 2. The molecule has 20 heavy (non-hydrogen) atoms. The fourth-order valence-electron chi connectivity index (χ4n) is 2.67. The molecule has 0 heterocycles. The zero-order chi connectivity index (χ0) is 14.9. The standard InChI is InChI=1S/C18H20N2/c1-11-7-5-8-12(2)15(11)17(19)18(20)16-13(3)9-6-10-14(16)4/h5-10,19-20H,1-4H3. The predicted octanol–water partition coefficient (Wildman–Crippen LogP) is 4.36. The molecule has 2 N–H and O–H groups in total. The first kappa shape index (κ1) is 14.2. The fraction of sp³-hybridized carbons (Fsp3) is 0.222. The van der Waals surface area contributed by atoms with E-state index in [0.717, 1.165) is 33.4 Å². The summed E-state index contributed by atoms with van der Waals surface area (Å²) in [6.45, 7) is 7.98. The highest BCUT2D eigenvalue weighted by molar-refractivity contribution is 6.52. The van der Waals surface area contributed by atoms with Crippen LogP contribution in [-0.4, -0.2) is 11.4 Å². The molecule has 102 valence electrons. The van der Waals surface area contributed by atoms with Crippen molar-refractivity contribution >= 4 is 11.4 Å². The number of hydrogen-bond donors (Lipinski definition) is 2. The van der Waals surface area contributed by atoms with Crippen LogP contribution in [0.5, 0.6) is 0 Å². The summed E-state index contributed by atoms with van der Waals surface area (Å²) in [6.07, 6.45) is 0. The van der Waals surface area contributed by atoms with Crippen molar-refractivity contribution in [2.45, 2.75) is 27.7 Å². The third kappa shape index (κ3) is 2.42. The summed E-state index contributed by atoms with van der Waals surface area (Å²) in [4.78, 5) is 0. The minimum absolute atomic E-state index is 0.304. The molecule has 0 unspecified atom stereocenters. The zero-order valence-electron chi connectivity index (χ0n) is 12.5. The molecule has 2 nitrogen and oxygen atoms in total. The van der Waals surface area contributed by atoms with Gasteiger partial charge in [0.1, 0.15) is 0 Å². The maximum atomic E-state index is 8.42. The van der Waals surface area contributed by atoms with Gasteiger partial charge in [0.2, 0.25) is 0 Å². The van der Waals surface area contributed by atoms with Crippen molar-refractivity contribution in [3.63, 3.8) is 0 Å². The second kappa shape index (κ2) is 5.41. The molecule has 0 atom stereocenters. The van der Waals surface area contributed by atoms with Gasteiger partial charge in [-0.05, 0) is 49.9 Å². The third-order valence-electron chi connectivity index (χ3n) is 3.71. The summed E-state index contributed by atoms with van der Waals surface area (Å²) >= 11 is 0. The minimum Gasteiger partial charge on any atom is -0.298 e. The Morgan fingerprint density at radius 1 is 0.600 bits per heavy atom. The van der Waals surface area contributed by atoms with Gasteiger partial charge in [-0.3, -0.25) is 10.8 Å². The van der Waals surface area contributed by atoms with Gasteiger partial charge >= 0.3 is 0 Å². The molecule has 2 aromatic rings. The van der Waals surface area contributed by atoms with Gasteiger partial charge in [0, 0.05) is 11.1 Å². The van der Waals surface area contributed by atoms with E-state index in [1.54, 1.807) is 0 Å². The molecule has 0 aromatic heterocycles. The lowest BCUT2D eigenvalue weighted by molar-refractivity contribution is 1.31. The first-order chi connectivity index (χ1) is 9.43. The molecular formula is C18H20N2. The van der Waals surface area contributed by atoms with Crippen LogP contribution in [0, 0.1) is 38.5 Å². The Hall–Kier alpha value is -2.22. The summed E-state index contributed by atoms with van der Waals surface area (Å²) in [5.41, 5.74) is 6.55. The van der Waals surface area contributed by atoms with E-state index < -0.39 is 0 Å². The van der Waals surface area contributed by atoms with E-state index in [2.05, 4.69) is 0 Å². The Labute approximate surface area is 120 Å². The second-order valence-corrected chi connectivity index (χ2v) is 5.28. The normalized spacial score (nSPS) is 10.4. The maximum Gasteiger partial charge on any atom is 0.0873 e. The van der Waals surface area contributed by atoms with Crippen LogP contribution in [0.2, 0.25) is 0 Å². The van der Waals surface area contributed by atoms with Crippen LogP contribution >= 0.6 is 0 Å². The Kier molecular flexibility index (Phi) is 3.84. The van der Waals surface area contributed by atoms with E-state index in [0.29, 0.717) is 11.4 Å². The average molecular weight is 264 g/mol. The van der Waals surface area contributed by atoms with E-state index in [-0.39, 0.29) is 0 Å². The van der Waals surface area contributed by atoms with Crippen molar-refractivity contribution < 1.29 is 0 Å². The van der Waals surface area contributed by atoms with E-state index >= 15 is 0 Å². The van der Waals surface area contributed by atoms with Crippen molar-refractivity contribution in [1.82, 2.24) is 0 Å². The van der Waals surface area contributed by atoms with Crippen LogP contribution in [0.3, 0.4) is 0 Å². The molecule has 0 saturated heterocycles. The molecule has 0 aliphatic heterocycles. The molecule has 0 radical (unpaired) electrons. The lowest BCUT2D eigenvalue weighted by Gasteiger charge is -2.15. The molecule has 0 saturated carbocycles. The smallest absolute Gasteiger partial charge is 0.0873 e. The molecule has 2 aromatic carbocycles. The van der Waals surface area contributed by atoms with Gasteiger partial charge in [-0.15, -0.1) is 0 Å². The summed E-state index contributed by atoms with van der Waals surface area (Å²) in [7, 11) is 0. The Bertz CT molecular complexity index is 595. The minimum atomic E-state index is 0.304. The molecular weight excluding hydrogens is 244 g/mol. The molecule has 2 heteroatoms. The van der Waals surface area contributed by atoms with Crippen LogP contribution in [0.1, 0.15) is 33.4 Å². The van der Waals surface area contributed by atoms with Crippen molar-refractivity contribution in [3.8, 4) is 0 Å². The number of benzene rings is 2. The third-order valence-corrected chi connectivity index (χ3v) is 3.71. The molecule has 0 spiro atoms. The largest absolute Gasteiger partial charge is 0.298 e. The Balaban J connectivity index is 2.52. The zero-order valence-corrected chi connectivity index (χ0v) is 12.5. The van der Waals surface area contributed by atoms with Gasteiger partial charge in [0.05, 0.1) is 11.4 Å². The van der Waals surface area contributed by atoms with Crippen LogP contribution in [0.4, 0.5) is 0 Å². The highest BCUT2D eigenvalue weighted by atomic mass is 14.5. The van der Waals surface area contributed by atoms with E-state index in [1.807, 2.05) is 64.1 Å². The number of aryl methyl sites for hydroxylation is 4.